The van der Waals surface area contributed by atoms with Crippen LogP contribution in [0.1, 0.15) is 30.3 Å². The Morgan fingerprint density at radius 3 is 2.75 bits per heavy atom. The van der Waals surface area contributed by atoms with Crippen LogP contribution in [-0.4, -0.2) is 42.5 Å². The van der Waals surface area contributed by atoms with Gasteiger partial charge in [0.1, 0.15) is 6.54 Å². The number of carbonyl (C=O) groups is 1. The Morgan fingerprint density at radius 2 is 2.10 bits per heavy atom. The second-order valence-corrected chi connectivity index (χ2v) is 4.83. The molecule has 1 amide bonds. The molecule has 1 aromatic rings. The minimum atomic E-state index is 0.0105. The van der Waals surface area contributed by atoms with Gasteiger partial charge in [-0.25, -0.2) is 0 Å². The number of aryl methyl sites for hydroxylation is 1. The van der Waals surface area contributed by atoms with Crippen LogP contribution in [0.2, 0.25) is 0 Å². The topological polar surface area (TPSA) is 68.2 Å². The molecule has 0 unspecified atom stereocenters. The molecular weight excluding hydrogens is 256 g/mol. The number of aromatic nitrogens is 2. The van der Waals surface area contributed by atoms with Crippen LogP contribution in [0.5, 0.6) is 0 Å². The van der Waals surface area contributed by atoms with Crippen LogP contribution in [0.4, 0.5) is 0 Å². The van der Waals surface area contributed by atoms with Crippen molar-refractivity contribution in [2.45, 2.75) is 40.3 Å². The first kappa shape index (κ1) is 16.7. The molecule has 114 valence electrons. The van der Waals surface area contributed by atoms with E-state index in [9.17, 15) is 4.79 Å². The number of amides is 1. The molecule has 0 aliphatic carbocycles. The van der Waals surface area contributed by atoms with Crippen molar-refractivity contribution >= 4 is 5.91 Å². The van der Waals surface area contributed by atoms with Crippen molar-refractivity contribution in [2.75, 3.05) is 26.8 Å². The van der Waals surface area contributed by atoms with Crippen LogP contribution >= 0.6 is 0 Å². The third-order valence-corrected chi connectivity index (χ3v) is 3.18. The smallest absolute Gasteiger partial charge is 0.241 e. The summed E-state index contributed by atoms with van der Waals surface area (Å²) in [5.74, 6) is 0.0105. The van der Waals surface area contributed by atoms with Gasteiger partial charge in [0.2, 0.25) is 5.91 Å². The summed E-state index contributed by atoms with van der Waals surface area (Å²) in [6.07, 6.45) is 0.942. The van der Waals surface area contributed by atoms with E-state index in [0.29, 0.717) is 13.2 Å². The van der Waals surface area contributed by atoms with Crippen molar-refractivity contribution in [1.29, 1.82) is 0 Å². The van der Waals surface area contributed by atoms with Gasteiger partial charge in [-0.1, -0.05) is 6.92 Å². The number of nitrogens with one attached hydrogen (secondary N) is 2. The highest BCUT2D eigenvalue weighted by molar-refractivity contribution is 5.75. The number of methoxy groups -OCH3 is 1. The maximum Gasteiger partial charge on any atom is 0.241 e. The molecule has 20 heavy (non-hydrogen) atoms. The lowest BCUT2D eigenvalue weighted by molar-refractivity contribution is -0.121. The first-order valence-corrected chi connectivity index (χ1v) is 7.09. The standard InChI is InChI=1S/C14H26N4O2/c1-5-6-16-14(19)10-18-12(3)13(11(2)17-18)9-15-7-8-20-4/h15H,5-10H2,1-4H3,(H,16,19). The van der Waals surface area contributed by atoms with E-state index in [-0.39, 0.29) is 12.5 Å². The first-order chi connectivity index (χ1) is 9.60. The zero-order chi connectivity index (χ0) is 15.0. The van der Waals surface area contributed by atoms with Crippen LogP contribution in [0.3, 0.4) is 0 Å². The molecule has 1 rings (SSSR count). The van der Waals surface area contributed by atoms with Gasteiger partial charge in [0, 0.05) is 38.0 Å². The summed E-state index contributed by atoms with van der Waals surface area (Å²) in [6.45, 7) is 9.24. The molecule has 0 saturated heterocycles. The van der Waals surface area contributed by atoms with Gasteiger partial charge in [0.15, 0.2) is 0 Å². The van der Waals surface area contributed by atoms with E-state index in [1.54, 1.807) is 11.8 Å². The van der Waals surface area contributed by atoms with Gasteiger partial charge in [-0.15, -0.1) is 0 Å². The molecule has 2 N–H and O–H groups in total. The van der Waals surface area contributed by atoms with Crippen LogP contribution in [0.15, 0.2) is 0 Å². The SMILES string of the molecule is CCCNC(=O)Cn1nc(C)c(CNCCOC)c1C. The average Bonchev–Trinajstić information content (AvgIpc) is 2.68. The molecule has 0 saturated carbocycles. The number of ether oxygens (including phenoxy) is 1. The summed E-state index contributed by atoms with van der Waals surface area (Å²) < 4.78 is 6.77. The normalized spacial score (nSPS) is 10.8. The molecule has 6 nitrogen and oxygen atoms in total. The van der Waals surface area contributed by atoms with Crippen LogP contribution in [-0.2, 0) is 22.6 Å². The number of carbonyl (C=O) groups excluding carboxylic acids is 1. The van der Waals surface area contributed by atoms with Crippen LogP contribution in [0, 0.1) is 13.8 Å². The summed E-state index contributed by atoms with van der Waals surface area (Å²) in [5.41, 5.74) is 3.17. The Morgan fingerprint density at radius 1 is 1.35 bits per heavy atom. The second kappa shape index (κ2) is 8.71. The third kappa shape index (κ3) is 4.94. The van der Waals surface area contributed by atoms with Crippen molar-refractivity contribution in [3.05, 3.63) is 17.0 Å². The van der Waals surface area contributed by atoms with Gasteiger partial charge >= 0.3 is 0 Å². The number of rotatable bonds is 9. The van der Waals surface area contributed by atoms with E-state index in [1.807, 2.05) is 20.8 Å². The number of hydrogen-bond acceptors (Lipinski definition) is 4. The average molecular weight is 282 g/mol. The van der Waals surface area contributed by atoms with E-state index >= 15 is 0 Å². The van der Waals surface area contributed by atoms with E-state index in [1.165, 1.54) is 0 Å². The van der Waals surface area contributed by atoms with Crippen molar-refractivity contribution in [3.8, 4) is 0 Å². The van der Waals surface area contributed by atoms with Crippen LogP contribution < -0.4 is 10.6 Å². The monoisotopic (exact) mass is 282 g/mol. The molecule has 0 spiro atoms. The fourth-order valence-electron chi connectivity index (χ4n) is 1.99. The molecule has 1 aromatic heterocycles. The molecule has 6 heteroatoms. The summed E-state index contributed by atoms with van der Waals surface area (Å²) in [4.78, 5) is 11.7. The lowest BCUT2D eigenvalue weighted by atomic mass is 10.2. The summed E-state index contributed by atoms with van der Waals surface area (Å²) in [6, 6.07) is 0. The zero-order valence-corrected chi connectivity index (χ0v) is 13.0. The Balaban J connectivity index is 2.59. The van der Waals surface area contributed by atoms with Gasteiger partial charge in [-0.3, -0.25) is 9.48 Å². The lowest BCUT2D eigenvalue weighted by Crippen LogP contribution is -2.29. The van der Waals surface area contributed by atoms with E-state index in [2.05, 4.69) is 15.7 Å². The van der Waals surface area contributed by atoms with Gasteiger partial charge in [0.25, 0.3) is 0 Å². The molecule has 0 radical (unpaired) electrons. The van der Waals surface area contributed by atoms with Gasteiger partial charge in [-0.05, 0) is 20.3 Å². The van der Waals surface area contributed by atoms with E-state index in [0.717, 1.165) is 36.5 Å². The molecule has 0 fully saturated rings. The number of nitrogens with zero attached hydrogens (tertiary/aromatic N) is 2. The predicted molar refractivity (Wildman–Crippen MR) is 78.6 cm³/mol. The fraction of sp³-hybridized carbons (Fsp3) is 0.714. The van der Waals surface area contributed by atoms with Crippen molar-refractivity contribution in [1.82, 2.24) is 20.4 Å². The molecule has 0 aliphatic rings. The quantitative estimate of drug-likeness (QED) is 0.656. The number of hydrogen-bond donors (Lipinski definition) is 2. The van der Waals surface area contributed by atoms with E-state index < -0.39 is 0 Å². The minimum absolute atomic E-state index is 0.0105. The van der Waals surface area contributed by atoms with Gasteiger partial charge in [0.05, 0.1) is 12.3 Å². The fourth-order valence-corrected chi connectivity index (χ4v) is 1.99. The maximum atomic E-state index is 11.7. The second-order valence-electron chi connectivity index (χ2n) is 4.83. The summed E-state index contributed by atoms with van der Waals surface area (Å²) >= 11 is 0. The summed E-state index contributed by atoms with van der Waals surface area (Å²) in [7, 11) is 1.69. The molecule has 0 aliphatic heterocycles. The largest absolute Gasteiger partial charge is 0.383 e. The Labute approximate surface area is 120 Å². The molecule has 0 aromatic carbocycles. The highest BCUT2D eigenvalue weighted by Crippen LogP contribution is 2.12. The van der Waals surface area contributed by atoms with Crippen LogP contribution in [0.25, 0.3) is 0 Å². The Kier molecular flexibility index (Phi) is 7.25. The Hall–Kier alpha value is -1.40. The van der Waals surface area contributed by atoms with Crippen molar-refractivity contribution in [2.24, 2.45) is 0 Å². The van der Waals surface area contributed by atoms with Crippen molar-refractivity contribution in [3.63, 3.8) is 0 Å². The molecular formula is C14H26N4O2. The lowest BCUT2D eigenvalue weighted by Gasteiger charge is -2.07. The highest BCUT2D eigenvalue weighted by atomic mass is 16.5. The van der Waals surface area contributed by atoms with E-state index in [4.69, 9.17) is 4.74 Å². The predicted octanol–water partition coefficient (Wildman–Crippen LogP) is 0.762. The maximum absolute atomic E-state index is 11.7. The molecule has 1 heterocycles. The van der Waals surface area contributed by atoms with Gasteiger partial charge < -0.3 is 15.4 Å². The highest BCUT2D eigenvalue weighted by Gasteiger charge is 2.13. The zero-order valence-electron chi connectivity index (χ0n) is 13.0. The first-order valence-electron chi connectivity index (χ1n) is 7.09. The van der Waals surface area contributed by atoms with Gasteiger partial charge in [-0.2, -0.15) is 5.10 Å². The Bertz CT molecular complexity index is 429. The molecule has 0 atom stereocenters. The minimum Gasteiger partial charge on any atom is -0.383 e. The summed E-state index contributed by atoms with van der Waals surface area (Å²) in [5, 5.41) is 10.6. The molecule has 0 bridgehead atoms. The third-order valence-electron chi connectivity index (χ3n) is 3.18. The van der Waals surface area contributed by atoms with Crippen molar-refractivity contribution < 1.29 is 9.53 Å².